The molecule has 0 saturated heterocycles. The van der Waals surface area contributed by atoms with Crippen LogP contribution in [0.25, 0.3) is 0 Å². The number of nitrogens with one attached hydrogen (secondary N) is 1. The van der Waals surface area contributed by atoms with Gasteiger partial charge in [0, 0.05) is 0 Å². The van der Waals surface area contributed by atoms with E-state index < -0.39 is 13.4 Å². The van der Waals surface area contributed by atoms with E-state index in [0.717, 1.165) is 11.1 Å². The highest BCUT2D eigenvalue weighted by molar-refractivity contribution is 7.52. The summed E-state index contributed by atoms with van der Waals surface area (Å²) in [5.74, 6) is -1.08. The van der Waals surface area contributed by atoms with Crippen LogP contribution in [-0.4, -0.2) is 15.6 Å². The summed E-state index contributed by atoms with van der Waals surface area (Å²) in [6.45, 7) is 3.62. The van der Waals surface area contributed by atoms with Gasteiger partial charge in [0.1, 0.15) is 5.78 Å². The van der Waals surface area contributed by atoms with Crippen molar-refractivity contribution in [3.63, 3.8) is 0 Å². The van der Waals surface area contributed by atoms with Gasteiger partial charge in [0.05, 0.1) is 6.04 Å². The number of benzene rings is 2. The van der Waals surface area contributed by atoms with Crippen molar-refractivity contribution in [2.45, 2.75) is 25.7 Å². The van der Waals surface area contributed by atoms with Crippen molar-refractivity contribution in [2.75, 3.05) is 0 Å². The lowest BCUT2D eigenvalue weighted by atomic mass is 9.98. The van der Waals surface area contributed by atoms with E-state index in [9.17, 15) is 14.4 Å². The normalized spacial score (nSPS) is 13.5. The van der Waals surface area contributed by atoms with Gasteiger partial charge in [-0.05, 0) is 17.0 Å². The number of hydrogen-bond acceptors (Lipinski definition) is 2. The van der Waals surface area contributed by atoms with Crippen LogP contribution in [0.4, 0.5) is 0 Å². The van der Waals surface area contributed by atoms with Gasteiger partial charge >= 0.3 is 7.60 Å². The van der Waals surface area contributed by atoms with Crippen molar-refractivity contribution in [3.8, 4) is 0 Å². The van der Waals surface area contributed by atoms with Gasteiger partial charge in [0.15, 0.2) is 0 Å². The van der Waals surface area contributed by atoms with Gasteiger partial charge in [-0.2, -0.15) is 0 Å². The minimum Gasteiger partial charge on any atom is -0.323 e. The Kier molecular flexibility index (Phi) is 5.54. The second-order valence-electron chi connectivity index (χ2n) is 5.70. The molecule has 0 spiro atoms. The highest BCUT2D eigenvalue weighted by Gasteiger charge is 2.34. The average molecular weight is 319 g/mol. The highest BCUT2D eigenvalue weighted by Crippen LogP contribution is 2.44. The van der Waals surface area contributed by atoms with Crippen LogP contribution in [0.5, 0.6) is 0 Å². The Morgan fingerprint density at radius 3 is 1.59 bits per heavy atom. The molecule has 0 amide bonds. The summed E-state index contributed by atoms with van der Waals surface area (Å²) >= 11 is 0. The number of hydrogen-bond donors (Lipinski definition) is 3. The lowest BCUT2D eigenvalue weighted by Crippen LogP contribution is -2.37. The van der Waals surface area contributed by atoms with E-state index in [0.29, 0.717) is 0 Å². The zero-order chi connectivity index (χ0) is 16.2. The van der Waals surface area contributed by atoms with Crippen LogP contribution in [0.15, 0.2) is 60.7 Å². The fourth-order valence-electron chi connectivity index (χ4n) is 2.52. The van der Waals surface area contributed by atoms with Crippen LogP contribution in [0.2, 0.25) is 0 Å². The zero-order valence-electron chi connectivity index (χ0n) is 12.8. The summed E-state index contributed by atoms with van der Waals surface area (Å²) in [7, 11) is -4.24. The lowest BCUT2D eigenvalue weighted by molar-refractivity contribution is 0.317. The third-order valence-corrected chi connectivity index (χ3v) is 5.07. The van der Waals surface area contributed by atoms with E-state index in [2.05, 4.69) is 5.32 Å². The van der Waals surface area contributed by atoms with Crippen LogP contribution < -0.4 is 5.32 Å². The van der Waals surface area contributed by atoms with Crippen LogP contribution in [0.3, 0.4) is 0 Å². The van der Waals surface area contributed by atoms with Gasteiger partial charge in [-0.15, -0.1) is 0 Å². The third-order valence-electron chi connectivity index (χ3n) is 3.60. The molecule has 2 aromatic carbocycles. The maximum Gasteiger partial charge on any atom is 0.342 e. The topological polar surface area (TPSA) is 69.6 Å². The smallest absolute Gasteiger partial charge is 0.323 e. The van der Waals surface area contributed by atoms with Gasteiger partial charge in [-0.3, -0.25) is 9.88 Å². The highest BCUT2D eigenvalue weighted by atomic mass is 31.2. The second-order valence-corrected chi connectivity index (χ2v) is 7.43. The van der Waals surface area contributed by atoms with Crippen LogP contribution >= 0.6 is 7.60 Å². The van der Waals surface area contributed by atoms with Crippen LogP contribution in [-0.2, 0) is 4.57 Å². The maximum absolute atomic E-state index is 11.8. The van der Waals surface area contributed by atoms with Crippen molar-refractivity contribution in [3.05, 3.63) is 71.8 Å². The Hall–Kier alpha value is -1.45. The molecule has 0 aromatic heterocycles. The Labute approximate surface area is 131 Å². The molecule has 2 rings (SSSR count). The van der Waals surface area contributed by atoms with E-state index >= 15 is 0 Å². The SMILES string of the molecule is CC(C)C(NC(c1ccccc1)c1ccccc1)P(=O)(O)O. The summed E-state index contributed by atoms with van der Waals surface area (Å²) in [5.41, 5.74) is 1.96. The zero-order valence-corrected chi connectivity index (χ0v) is 13.6. The second kappa shape index (κ2) is 7.21. The van der Waals surface area contributed by atoms with Crippen molar-refractivity contribution in [1.82, 2.24) is 5.32 Å². The maximum atomic E-state index is 11.8. The Morgan fingerprint density at radius 2 is 1.27 bits per heavy atom. The predicted molar refractivity (Wildman–Crippen MR) is 88.5 cm³/mol. The van der Waals surface area contributed by atoms with Crippen LogP contribution in [0, 0.1) is 5.92 Å². The molecule has 0 bridgehead atoms. The number of rotatable bonds is 6. The van der Waals surface area contributed by atoms with Crippen molar-refractivity contribution >= 4 is 7.60 Å². The first kappa shape index (κ1) is 16.9. The molecule has 1 unspecified atom stereocenters. The van der Waals surface area contributed by atoms with E-state index in [1.165, 1.54) is 0 Å². The summed E-state index contributed by atoms with van der Waals surface area (Å²) in [4.78, 5) is 19.3. The standard InChI is InChI=1S/C17H22NO3P/c1-13(2)17(22(19,20)21)18-16(14-9-5-3-6-10-14)15-11-7-4-8-12-15/h3-13,16-18H,1-2H3,(H2,19,20,21). The van der Waals surface area contributed by atoms with E-state index in [-0.39, 0.29) is 12.0 Å². The van der Waals surface area contributed by atoms with Gasteiger partial charge < -0.3 is 9.79 Å². The minimum absolute atomic E-state index is 0.184. The quantitative estimate of drug-likeness (QED) is 0.713. The largest absolute Gasteiger partial charge is 0.342 e. The van der Waals surface area contributed by atoms with Crippen molar-refractivity contribution < 1.29 is 14.4 Å². The predicted octanol–water partition coefficient (Wildman–Crippen LogP) is 3.53. The summed E-state index contributed by atoms with van der Waals surface area (Å²) in [6, 6.07) is 19.1. The first-order valence-electron chi connectivity index (χ1n) is 7.30. The monoisotopic (exact) mass is 319 g/mol. The van der Waals surface area contributed by atoms with E-state index in [4.69, 9.17) is 0 Å². The lowest BCUT2D eigenvalue weighted by Gasteiger charge is -2.29. The molecule has 4 nitrogen and oxygen atoms in total. The molecular weight excluding hydrogens is 297 g/mol. The molecule has 1 atom stereocenters. The molecule has 2 aromatic rings. The Bertz CT molecular complexity index is 585. The first-order valence-corrected chi connectivity index (χ1v) is 8.99. The van der Waals surface area contributed by atoms with Crippen molar-refractivity contribution in [2.24, 2.45) is 5.92 Å². The van der Waals surface area contributed by atoms with Gasteiger partial charge in [0.2, 0.25) is 0 Å². The summed E-state index contributed by atoms with van der Waals surface area (Å²) in [6.07, 6.45) is 0. The molecule has 0 aliphatic carbocycles. The molecule has 0 saturated carbocycles. The van der Waals surface area contributed by atoms with Gasteiger partial charge in [-0.1, -0.05) is 74.5 Å². The molecule has 0 heterocycles. The summed E-state index contributed by atoms with van der Waals surface area (Å²) in [5, 5.41) is 3.16. The van der Waals surface area contributed by atoms with E-state index in [1.54, 1.807) is 0 Å². The molecule has 0 aliphatic rings. The molecular formula is C17H22NO3P. The Balaban J connectivity index is 2.39. The average Bonchev–Trinajstić information content (AvgIpc) is 2.48. The van der Waals surface area contributed by atoms with Crippen molar-refractivity contribution in [1.29, 1.82) is 0 Å². The van der Waals surface area contributed by atoms with Gasteiger partial charge in [0.25, 0.3) is 0 Å². The minimum atomic E-state index is -4.24. The fourth-order valence-corrected chi connectivity index (χ4v) is 3.64. The molecule has 22 heavy (non-hydrogen) atoms. The molecule has 0 aliphatic heterocycles. The van der Waals surface area contributed by atoms with Gasteiger partial charge in [-0.25, -0.2) is 0 Å². The van der Waals surface area contributed by atoms with Crippen LogP contribution in [0.1, 0.15) is 31.0 Å². The first-order chi connectivity index (χ1) is 10.4. The third kappa shape index (κ3) is 4.28. The molecule has 118 valence electrons. The van der Waals surface area contributed by atoms with E-state index in [1.807, 2.05) is 74.5 Å². The molecule has 0 radical (unpaired) electrons. The summed E-state index contributed by atoms with van der Waals surface area (Å²) < 4.78 is 11.8. The molecule has 3 N–H and O–H groups in total. The Morgan fingerprint density at radius 1 is 0.864 bits per heavy atom. The fraction of sp³-hybridized carbons (Fsp3) is 0.294. The molecule has 5 heteroatoms. The molecule has 0 fully saturated rings.